The number of aromatic amines is 1. The number of hydrogen-bond acceptors (Lipinski definition) is 1. The predicted molar refractivity (Wildman–Crippen MR) is 87.9 cm³/mol. The van der Waals surface area contributed by atoms with Crippen LogP contribution in [0.4, 0.5) is 0 Å². The van der Waals surface area contributed by atoms with Crippen molar-refractivity contribution in [1.29, 1.82) is 0 Å². The van der Waals surface area contributed by atoms with E-state index in [1.807, 2.05) is 18.2 Å². The molecule has 4 aromatic rings. The molecule has 0 aliphatic heterocycles. The van der Waals surface area contributed by atoms with Gasteiger partial charge in [-0.3, -0.25) is 0 Å². The van der Waals surface area contributed by atoms with Crippen molar-refractivity contribution in [1.82, 2.24) is 9.97 Å². The molecule has 0 atom stereocenters. The van der Waals surface area contributed by atoms with E-state index in [-0.39, 0.29) is 0 Å². The Labute approximate surface area is 127 Å². The van der Waals surface area contributed by atoms with Crippen LogP contribution in [0.3, 0.4) is 0 Å². The largest absolute Gasteiger partial charge is 0.342 e. The fourth-order valence-electron chi connectivity index (χ4n) is 2.76. The number of hydrogen-bond donors (Lipinski definition) is 1. The van der Waals surface area contributed by atoms with Crippen molar-refractivity contribution in [3.8, 4) is 0 Å². The number of benzene rings is 3. The van der Waals surface area contributed by atoms with Crippen molar-refractivity contribution in [2.45, 2.75) is 6.42 Å². The number of imidazole rings is 1. The van der Waals surface area contributed by atoms with E-state index in [0.29, 0.717) is 5.02 Å². The summed E-state index contributed by atoms with van der Waals surface area (Å²) < 4.78 is 0. The van der Waals surface area contributed by atoms with Crippen LogP contribution in [0.25, 0.3) is 21.8 Å². The SMILES string of the molecule is Clc1cccc2[nH]c(Cc3cccc4ccccc34)nc12. The van der Waals surface area contributed by atoms with E-state index < -0.39 is 0 Å². The number of nitrogens with zero attached hydrogens (tertiary/aromatic N) is 1. The Hall–Kier alpha value is -2.32. The summed E-state index contributed by atoms with van der Waals surface area (Å²) >= 11 is 6.19. The number of aromatic nitrogens is 2. The summed E-state index contributed by atoms with van der Waals surface area (Å²) in [5.41, 5.74) is 3.09. The normalized spacial score (nSPS) is 11.3. The van der Waals surface area contributed by atoms with E-state index in [4.69, 9.17) is 11.6 Å². The van der Waals surface area contributed by atoms with E-state index in [9.17, 15) is 0 Å². The van der Waals surface area contributed by atoms with E-state index in [0.717, 1.165) is 23.3 Å². The van der Waals surface area contributed by atoms with E-state index >= 15 is 0 Å². The van der Waals surface area contributed by atoms with Gasteiger partial charge < -0.3 is 4.98 Å². The second-order valence-electron chi connectivity index (χ2n) is 5.13. The van der Waals surface area contributed by atoms with Gasteiger partial charge in [0.15, 0.2) is 0 Å². The van der Waals surface area contributed by atoms with Crippen LogP contribution in [0.15, 0.2) is 60.7 Å². The van der Waals surface area contributed by atoms with Gasteiger partial charge >= 0.3 is 0 Å². The fourth-order valence-corrected chi connectivity index (χ4v) is 2.98. The minimum Gasteiger partial charge on any atom is -0.342 e. The molecule has 1 N–H and O–H groups in total. The zero-order valence-corrected chi connectivity index (χ0v) is 12.1. The number of rotatable bonds is 2. The second kappa shape index (κ2) is 4.90. The molecule has 1 aromatic heterocycles. The van der Waals surface area contributed by atoms with Crippen LogP contribution in [0.2, 0.25) is 5.02 Å². The van der Waals surface area contributed by atoms with E-state index in [2.05, 4.69) is 52.4 Å². The van der Waals surface area contributed by atoms with Crippen LogP contribution < -0.4 is 0 Å². The topological polar surface area (TPSA) is 28.7 Å². The summed E-state index contributed by atoms with van der Waals surface area (Å²) in [5, 5.41) is 3.21. The molecule has 0 saturated heterocycles. The first kappa shape index (κ1) is 12.4. The van der Waals surface area contributed by atoms with Crippen molar-refractivity contribution in [3.63, 3.8) is 0 Å². The minimum absolute atomic E-state index is 0.688. The standard InChI is InChI=1S/C18H13ClN2/c19-15-9-4-10-16-18(15)21-17(20-16)11-13-7-3-6-12-5-1-2-8-14(12)13/h1-10H,11H2,(H,20,21). The Balaban J connectivity index is 1.81. The molecule has 4 rings (SSSR count). The van der Waals surface area contributed by atoms with Gasteiger partial charge in [0.05, 0.1) is 10.5 Å². The Morgan fingerprint density at radius 2 is 1.71 bits per heavy atom. The Morgan fingerprint density at radius 1 is 0.905 bits per heavy atom. The Kier molecular flexibility index (Phi) is 2.90. The van der Waals surface area contributed by atoms with Gasteiger partial charge in [-0.2, -0.15) is 0 Å². The van der Waals surface area contributed by atoms with Gasteiger partial charge in [0.25, 0.3) is 0 Å². The highest BCUT2D eigenvalue weighted by atomic mass is 35.5. The van der Waals surface area contributed by atoms with Gasteiger partial charge in [0, 0.05) is 6.42 Å². The average molecular weight is 293 g/mol. The summed E-state index contributed by atoms with van der Waals surface area (Å²) in [6.45, 7) is 0. The van der Waals surface area contributed by atoms with Crippen LogP contribution in [0, 0.1) is 0 Å². The Bertz CT molecular complexity index is 935. The van der Waals surface area contributed by atoms with Gasteiger partial charge in [-0.15, -0.1) is 0 Å². The highest BCUT2D eigenvalue weighted by molar-refractivity contribution is 6.34. The molecular formula is C18H13ClN2. The molecule has 0 unspecified atom stereocenters. The lowest BCUT2D eigenvalue weighted by atomic mass is 10.0. The van der Waals surface area contributed by atoms with Gasteiger partial charge in [0.1, 0.15) is 11.3 Å². The van der Waals surface area contributed by atoms with Crippen LogP contribution in [0.1, 0.15) is 11.4 Å². The maximum absolute atomic E-state index is 6.19. The number of fused-ring (bicyclic) bond motifs is 2. The van der Waals surface area contributed by atoms with Crippen molar-refractivity contribution >= 4 is 33.4 Å². The van der Waals surface area contributed by atoms with Crippen molar-refractivity contribution < 1.29 is 0 Å². The highest BCUT2D eigenvalue weighted by Crippen LogP contribution is 2.24. The molecule has 0 aliphatic carbocycles. The fraction of sp³-hybridized carbons (Fsp3) is 0.0556. The summed E-state index contributed by atoms with van der Waals surface area (Å²) in [6, 6.07) is 20.6. The average Bonchev–Trinajstić information content (AvgIpc) is 2.92. The minimum atomic E-state index is 0.688. The summed E-state index contributed by atoms with van der Waals surface area (Å²) in [5.74, 6) is 0.939. The lowest BCUT2D eigenvalue weighted by Crippen LogP contribution is -1.92. The molecule has 0 bridgehead atoms. The second-order valence-corrected chi connectivity index (χ2v) is 5.54. The molecule has 3 aromatic carbocycles. The third-order valence-corrected chi connectivity index (χ3v) is 4.06. The van der Waals surface area contributed by atoms with Crippen molar-refractivity contribution in [2.24, 2.45) is 0 Å². The van der Waals surface area contributed by atoms with Gasteiger partial charge in [-0.25, -0.2) is 4.98 Å². The zero-order valence-electron chi connectivity index (χ0n) is 11.3. The Morgan fingerprint density at radius 3 is 2.62 bits per heavy atom. The lowest BCUT2D eigenvalue weighted by Gasteiger charge is -2.04. The summed E-state index contributed by atoms with van der Waals surface area (Å²) in [4.78, 5) is 7.98. The van der Waals surface area contributed by atoms with Crippen molar-refractivity contribution in [3.05, 3.63) is 77.1 Å². The first-order chi connectivity index (χ1) is 10.3. The number of halogens is 1. The van der Waals surface area contributed by atoms with E-state index in [1.165, 1.54) is 16.3 Å². The number of nitrogens with one attached hydrogen (secondary N) is 1. The molecule has 1 heterocycles. The molecular weight excluding hydrogens is 280 g/mol. The third kappa shape index (κ3) is 2.18. The summed E-state index contributed by atoms with van der Waals surface area (Å²) in [6.07, 6.45) is 0.770. The van der Waals surface area contributed by atoms with Crippen molar-refractivity contribution in [2.75, 3.05) is 0 Å². The van der Waals surface area contributed by atoms with Gasteiger partial charge in [0.2, 0.25) is 0 Å². The number of para-hydroxylation sites is 1. The van der Waals surface area contributed by atoms with E-state index in [1.54, 1.807) is 0 Å². The van der Waals surface area contributed by atoms with Crippen LogP contribution in [-0.4, -0.2) is 9.97 Å². The first-order valence-electron chi connectivity index (χ1n) is 6.91. The van der Waals surface area contributed by atoms with Gasteiger partial charge in [-0.05, 0) is 28.5 Å². The molecule has 3 heteroatoms. The first-order valence-corrected chi connectivity index (χ1v) is 7.29. The predicted octanol–water partition coefficient (Wildman–Crippen LogP) is 4.96. The van der Waals surface area contributed by atoms with Crippen LogP contribution >= 0.6 is 11.6 Å². The smallest absolute Gasteiger partial charge is 0.111 e. The van der Waals surface area contributed by atoms with Gasteiger partial charge in [-0.1, -0.05) is 60.1 Å². The summed E-state index contributed by atoms with van der Waals surface area (Å²) in [7, 11) is 0. The molecule has 0 aliphatic rings. The molecule has 2 nitrogen and oxygen atoms in total. The molecule has 0 spiro atoms. The molecule has 0 saturated carbocycles. The lowest BCUT2D eigenvalue weighted by molar-refractivity contribution is 1.05. The van der Waals surface area contributed by atoms with Crippen LogP contribution in [-0.2, 0) is 6.42 Å². The van der Waals surface area contributed by atoms with Crippen LogP contribution in [0.5, 0.6) is 0 Å². The zero-order chi connectivity index (χ0) is 14.2. The molecule has 0 fully saturated rings. The number of H-pyrrole nitrogens is 1. The maximum Gasteiger partial charge on any atom is 0.111 e. The quantitative estimate of drug-likeness (QED) is 0.556. The molecule has 0 amide bonds. The highest BCUT2D eigenvalue weighted by Gasteiger charge is 2.08. The molecule has 102 valence electrons. The monoisotopic (exact) mass is 292 g/mol. The maximum atomic E-state index is 6.19. The third-order valence-electron chi connectivity index (χ3n) is 3.75. The molecule has 0 radical (unpaired) electrons. The molecule has 21 heavy (non-hydrogen) atoms.